The lowest BCUT2D eigenvalue weighted by Gasteiger charge is -2.56. The van der Waals surface area contributed by atoms with Crippen LogP contribution in [0.25, 0.3) is 0 Å². The van der Waals surface area contributed by atoms with Gasteiger partial charge in [-0.1, -0.05) is 24.3 Å². The van der Waals surface area contributed by atoms with Gasteiger partial charge in [0.25, 0.3) is 0 Å². The molecule has 26 heavy (non-hydrogen) atoms. The fourth-order valence-electron chi connectivity index (χ4n) is 6.94. The molecule has 3 nitrogen and oxygen atoms in total. The van der Waals surface area contributed by atoms with Crippen LogP contribution >= 0.6 is 0 Å². The monoisotopic (exact) mass is 355 g/mol. The number of hydrogen-bond donors (Lipinski definition) is 1. The molecule has 1 aliphatic heterocycles. The molecule has 5 aliphatic rings. The van der Waals surface area contributed by atoms with Crippen LogP contribution in [0.3, 0.4) is 0 Å². The van der Waals surface area contributed by atoms with E-state index < -0.39 is 0 Å². The van der Waals surface area contributed by atoms with Gasteiger partial charge < -0.3 is 9.84 Å². The Morgan fingerprint density at radius 2 is 1.69 bits per heavy atom. The molecule has 142 valence electrons. The summed E-state index contributed by atoms with van der Waals surface area (Å²) in [5.41, 5.74) is 3.34. The number of nitrogens with zero attached hydrogens (tertiary/aromatic N) is 1. The standard InChI is InChI=1S/C23H33NO2/c25-22(14-24-6-5-20-3-1-2-4-21(20)13-24)15-26-16-23-10-17-7-18(11-23)9-19(8-17)12-23/h1-4,17-19,22,25H,5-16H2/t17?,18?,19?,22-,23?/m0/s1. The minimum Gasteiger partial charge on any atom is -0.389 e. The summed E-state index contributed by atoms with van der Waals surface area (Å²) in [7, 11) is 0. The van der Waals surface area contributed by atoms with E-state index >= 15 is 0 Å². The highest BCUT2D eigenvalue weighted by molar-refractivity contribution is 5.29. The first-order valence-corrected chi connectivity index (χ1v) is 10.7. The van der Waals surface area contributed by atoms with Gasteiger partial charge in [0.2, 0.25) is 0 Å². The van der Waals surface area contributed by atoms with E-state index in [1.54, 1.807) is 0 Å². The van der Waals surface area contributed by atoms with E-state index in [1.807, 2.05) is 0 Å². The van der Waals surface area contributed by atoms with E-state index in [9.17, 15) is 5.11 Å². The molecule has 1 heterocycles. The Morgan fingerprint density at radius 3 is 2.38 bits per heavy atom. The Hall–Kier alpha value is -0.900. The molecule has 4 bridgehead atoms. The molecule has 4 fully saturated rings. The molecule has 1 N–H and O–H groups in total. The van der Waals surface area contributed by atoms with Gasteiger partial charge in [-0.25, -0.2) is 0 Å². The second kappa shape index (κ2) is 6.92. The molecule has 0 spiro atoms. The van der Waals surface area contributed by atoms with Crippen LogP contribution < -0.4 is 0 Å². The summed E-state index contributed by atoms with van der Waals surface area (Å²) in [5, 5.41) is 10.5. The number of benzene rings is 1. The molecule has 1 atom stereocenters. The zero-order valence-electron chi connectivity index (χ0n) is 15.9. The number of aliphatic hydroxyl groups excluding tert-OH is 1. The van der Waals surface area contributed by atoms with Gasteiger partial charge in [0.15, 0.2) is 0 Å². The third kappa shape index (κ3) is 3.46. The van der Waals surface area contributed by atoms with Crippen LogP contribution in [0.2, 0.25) is 0 Å². The lowest BCUT2D eigenvalue weighted by atomic mass is 9.50. The highest BCUT2D eigenvalue weighted by Gasteiger charge is 2.50. The summed E-state index contributed by atoms with van der Waals surface area (Å²) in [6.45, 7) is 4.12. The summed E-state index contributed by atoms with van der Waals surface area (Å²) in [6, 6.07) is 8.70. The zero-order valence-corrected chi connectivity index (χ0v) is 15.9. The Labute approximate surface area is 157 Å². The van der Waals surface area contributed by atoms with Gasteiger partial charge in [0.1, 0.15) is 0 Å². The summed E-state index contributed by atoms with van der Waals surface area (Å²) < 4.78 is 6.11. The summed E-state index contributed by atoms with van der Waals surface area (Å²) in [6.07, 6.45) is 9.34. The third-order valence-corrected chi connectivity index (χ3v) is 7.56. The molecular weight excluding hydrogens is 322 g/mol. The molecule has 0 aromatic heterocycles. The van der Waals surface area contributed by atoms with Crippen molar-refractivity contribution in [3.63, 3.8) is 0 Å². The molecule has 6 rings (SSSR count). The van der Waals surface area contributed by atoms with Crippen molar-refractivity contribution in [2.45, 2.75) is 57.6 Å². The highest BCUT2D eigenvalue weighted by Crippen LogP contribution is 2.60. The number of aliphatic hydroxyl groups is 1. The number of β-amino-alcohol motifs (C(OH)–C–C–N with tert-alkyl or cyclic N) is 1. The predicted molar refractivity (Wildman–Crippen MR) is 103 cm³/mol. The molecule has 4 saturated carbocycles. The Kier molecular flexibility index (Phi) is 4.58. The third-order valence-electron chi connectivity index (χ3n) is 7.56. The first-order valence-electron chi connectivity index (χ1n) is 10.7. The maximum Gasteiger partial charge on any atom is 0.0900 e. The Balaban J connectivity index is 1.09. The van der Waals surface area contributed by atoms with E-state index in [-0.39, 0.29) is 6.10 Å². The van der Waals surface area contributed by atoms with Crippen LogP contribution in [0.5, 0.6) is 0 Å². The van der Waals surface area contributed by atoms with Crippen LogP contribution in [-0.4, -0.2) is 42.4 Å². The molecule has 3 heteroatoms. The van der Waals surface area contributed by atoms with Gasteiger partial charge in [-0.3, -0.25) is 4.90 Å². The number of fused-ring (bicyclic) bond motifs is 1. The van der Waals surface area contributed by atoms with Gasteiger partial charge in [0.05, 0.1) is 19.3 Å². The van der Waals surface area contributed by atoms with Gasteiger partial charge in [-0.15, -0.1) is 0 Å². The molecule has 0 saturated heterocycles. The topological polar surface area (TPSA) is 32.7 Å². The maximum absolute atomic E-state index is 10.5. The average molecular weight is 356 g/mol. The van der Waals surface area contributed by atoms with Crippen molar-refractivity contribution in [2.24, 2.45) is 23.2 Å². The van der Waals surface area contributed by atoms with Crippen LogP contribution in [0.15, 0.2) is 24.3 Å². The zero-order chi connectivity index (χ0) is 17.6. The smallest absolute Gasteiger partial charge is 0.0900 e. The number of rotatable bonds is 6. The fourth-order valence-corrected chi connectivity index (χ4v) is 6.94. The van der Waals surface area contributed by atoms with Crippen molar-refractivity contribution in [2.75, 3.05) is 26.3 Å². The number of ether oxygens (including phenoxy) is 1. The molecule has 0 radical (unpaired) electrons. The summed E-state index contributed by atoms with van der Waals surface area (Å²) in [4.78, 5) is 2.38. The van der Waals surface area contributed by atoms with Crippen molar-refractivity contribution in [3.05, 3.63) is 35.4 Å². The lowest BCUT2D eigenvalue weighted by molar-refractivity contribution is -0.107. The summed E-state index contributed by atoms with van der Waals surface area (Å²) >= 11 is 0. The van der Waals surface area contributed by atoms with Crippen molar-refractivity contribution < 1.29 is 9.84 Å². The Morgan fingerprint density at radius 1 is 1.04 bits per heavy atom. The molecule has 1 aromatic carbocycles. The molecule has 1 aromatic rings. The second-order valence-corrected chi connectivity index (χ2v) is 9.84. The van der Waals surface area contributed by atoms with E-state index in [0.29, 0.717) is 12.0 Å². The largest absolute Gasteiger partial charge is 0.389 e. The molecule has 4 aliphatic carbocycles. The molecule has 0 unspecified atom stereocenters. The maximum atomic E-state index is 10.5. The van der Waals surface area contributed by atoms with Gasteiger partial charge in [0, 0.05) is 19.6 Å². The minimum absolute atomic E-state index is 0.367. The van der Waals surface area contributed by atoms with E-state index in [0.717, 1.165) is 50.4 Å². The average Bonchev–Trinajstić information content (AvgIpc) is 2.60. The molecule has 0 amide bonds. The van der Waals surface area contributed by atoms with Crippen LogP contribution in [-0.2, 0) is 17.7 Å². The first kappa shape index (κ1) is 17.2. The van der Waals surface area contributed by atoms with E-state index in [2.05, 4.69) is 29.2 Å². The van der Waals surface area contributed by atoms with Crippen LogP contribution in [0.4, 0.5) is 0 Å². The second-order valence-electron chi connectivity index (χ2n) is 9.84. The van der Waals surface area contributed by atoms with Crippen LogP contribution in [0, 0.1) is 23.2 Å². The molecular formula is C23H33NO2. The quantitative estimate of drug-likeness (QED) is 0.846. The normalized spacial score (nSPS) is 36.9. The van der Waals surface area contributed by atoms with Crippen LogP contribution in [0.1, 0.15) is 49.7 Å². The Bertz CT molecular complexity index is 608. The first-order chi connectivity index (χ1) is 12.7. The SMILES string of the molecule is O[C@H](COCC12CC3CC(CC(C3)C1)C2)CN1CCc2ccccc2C1. The van der Waals surface area contributed by atoms with E-state index in [4.69, 9.17) is 4.74 Å². The highest BCUT2D eigenvalue weighted by atomic mass is 16.5. The van der Waals surface area contributed by atoms with Crippen molar-refractivity contribution in [1.29, 1.82) is 0 Å². The van der Waals surface area contributed by atoms with Crippen molar-refractivity contribution in [1.82, 2.24) is 4.90 Å². The van der Waals surface area contributed by atoms with Crippen molar-refractivity contribution >= 4 is 0 Å². The number of hydrogen-bond acceptors (Lipinski definition) is 3. The summed E-state index contributed by atoms with van der Waals surface area (Å²) in [5.74, 6) is 2.93. The lowest BCUT2D eigenvalue weighted by Crippen LogP contribution is -2.48. The fraction of sp³-hybridized carbons (Fsp3) is 0.739. The predicted octanol–water partition coefficient (Wildman–Crippen LogP) is 3.64. The van der Waals surface area contributed by atoms with E-state index in [1.165, 1.54) is 49.7 Å². The van der Waals surface area contributed by atoms with Crippen molar-refractivity contribution in [3.8, 4) is 0 Å². The van der Waals surface area contributed by atoms with Gasteiger partial charge in [-0.2, -0.15) is 0 Å². The van der Waals surface area contributed by atoms with Gasteiger partial charge >= 0.3 is 0 Å². The van der Waals surface area contributed by atoms with Gasteiger partial charge in [-0.05, 0) is 79.2 Å². The minimum atomic E-state index is -0.367.